The SMILES string of the molecule is C/C(=C/Cl)COc1c(F)cccc1CN. The van der Waals surface area contributed by atoms with E-state index in [1.807, 2.05) is 0 Å². The summed E-state index contributed by atoms with van der Waals surface area (Å²) in [5.41, 5.74) is 8.35. The number of benzene rings is 1. The lowest BCUT2D eigenvalue weighted by Gasteiger charge is -2.10. The molecule has 0 aliphatic carbocycles. The molecule has 0 fully saturated rings. The van der Waals surface area contributed by atoms with Gasteiger partial charge in [-0.2, -0.15) is 0 Å². The van der Waals surface area contributed by atoms with Gasteiger partial charge in [-0.25, -0.2) is 4.39 Å². The molecule has 0 aromatic heterocycles. The van der Waals surface area contributed by atoms with E-state index in [1.165, 1.54) is 11.6 Å². The summed E-state index contributed by atoms with van der Waals surface area (Å²) in [7, 11) is 0. The van der Waals surface area contributed by atoms with E-state index in [1.54, 1.807) is 19.1 Å². The third-order valence-electron chi connectivity index (χ3n) is 1.90. The average molecular weight is 230 g/mol. The Morgan fingerprint density at radius 2 is 2.33 bits per heavy atom. The molecule has 0 unspecified atom stereocenters. The predicted octanol–water partition coefficient (Wildman–Crippen LogP) is 2.81. The van der Waals surface area contributed by atoms with E-state index in [-0.39, 0.29) is 18.9 Å². The number of ether oxygens (including phenoxy) is 1. The van der Waals surface area contributed by atoms with Gasteiger partial charge in [0, 0.05) is 17.6 Å². The highest BCUT2D eigenvalue weighted by molar-refractivity contribution is 6.25. The molecular formula is C11H13ClFNO. The molecule has 0 saturated carbocycles. The highest BCUT2D eigenvalue weighted by Crippen LogP contribution is 2.22. The second-order valence-electron chi connectivity index (χ2n) is 3.18. The van der Waals surface area contributed by atoms with Crippen LogP contribution in [-0.2, 0) is 6.54 Å². The second-order valence-corrected chi connectivity index (χ2v) is 3.39. The van der Waals surface area contributed by atoms with E-state index in [0.29, 0.717) is 5.56 Å². The standard InChI is InChI=1S/C11H13ClFNO/c1-8(5-12)7-15-11-9(6-14)3-2-4-10(11)13/h2-5H,6-7,14H2,1H3/b8-5-. The van der Waals surface area contributed by atoms with Crippen molar-refractivity contribution in [2.45, 2.75) is 13.5 Å². The van der Waals surface area contributed by atoms with Crippen molar-refractivity contribution in [2.24, 2.45) is 5.73 Å². The Balaban J connectivity index is 2.83. The molecule has 0 heterocycles. The van der Waals surface area contributed by atoms with Gasteiger partial charge in [-0.1, -0.05) is 23.7 Å². The molecule has 2 nitrogen and oxygen atoms in total. The first-order chi connectivity index (χ1) is 7.19. The largest absolute Gasteiger partial charge is 0.486 e. The minimum absolute atomic E-state index is 0.206. The maximum atomic E-state index is 13.4. The van der Waals surface area contributed by atoms with Gasteiger partial charge in [0.25, 0.3) is 0 Å². The first kappa shape index (κ1) is 12.0. The van der Waals surface area contributed by atoms with Crippen molar-refractivity contribution in [3.8, 4) is 5.75 Å². The van der Waals surface area contributed by atoms with Gasteiger partial charge in [0.05, 0.1) is 0 Å². The Kier molecular flexibility index (Phi) is 4.59. The van der Waals surface area contributed by atoms with E-state index < -0.39 is 5.82 Å². The first-order valence-corrected chi connectivity index (χ1v) is 4.98. The van der Waals surface area contributed by atoms with Crippen LogP contribution >= 0.6 is 11.6 Å². The molecule has 0 amide bonds. The predicted molar refractivity (Wildman–Crippen MR) is 59.4 cm³/mol. The fourth-order valence-corrected chi connectivity index (χ4v) is 1.16. The summed E-state index contributed by atoms with van der Waals surface area (Å²) in [5, 5.41) is 0. The van der Waals surface area contributed by atoms with Crippen molar-refractivity contribution in [2.75, 3.05) is 6.61 Å². The molecule has 0 radical (unpaired) electrons. The molecular weight excluding hydrogens is 217 g/mol. The number of hydrogen-bond donors (Lipinski definition) is 1. The lowest BCUT2D eigenvalue weighted by atomic mass is 10.2. The zero-order valence-electron chi connectivity index (χ0n) is 8.47. The van der Waals surface area contributed by atoms with Crippen LogP contribution in [0.4, 0.5) is 4.39 Å². The molecule has 0 bridgehead atoms. The van der Waals surface area contributed by atoms with Crippen molar-refractivity contribution < 1.29 is 9.13 Å². The maximum Gasteiger partial charge on any atom is 0.165 e. The number of para-hydroxylation sites is 1. The van der Waals surface area contributed by atoms with Crippen LogP contribution in [0.2, 0.25) is 0 Å². The summed E-state index contributed by atoms with van der Waals surface area (Å²) < 4.78 is 18.7. The van der Waals surface area contributed by atoms with Gasteiger partial charge in [-0.3, -0.25) is 0 Å². The Bertz CT molecular complexity index is 366. The summed E-state index contributed by atoms with van der Waals surface area (Å²) in [6.07, 6.45) is 0. The summed E-state index contributed by atoms with van der Waals surface area (Å²) >= 11 is 5.47. The van der Waals surface area contributed by atoms with Gasteiger partial charge in [0.15, 0.2) is 11.6 Å². The molecule has 0 aliphatic heterocycles. The van der Waals surface area contributed by atoms with Crippen molar-refractivity contribution in [3.63, 3.8) is 0 Å². The molecule has 1 rings (SSSR count). The Morgan fingerprint density at radius 1 is 1.60 bits per heavy atom. The van der Waals surface area contributed by atoms with E-state index >= 15 is 0 Å². The zero-order chi connectivity index (χ0) is 11.3. The fraction of sp³-hybridized carbons (Fsp3) is 0.273. The van der Waals surface area contributed by atoms with E-state index in [4.69, 9.17) is 22.1 Å². The highest BCUT2D eigenvalue weighted by Gasteiger charge is 2.08. The third kappa shape index (κ3) is 3.22. The molecule has 0 aliphatic rings. The summed E-state index contributed by atoms with van der Waals surface area (Å²) in [4.78, 5) is 0. The van der Waals surface area contributed by atoms with Crippen molar-refractivity contribution in [1.82, 2.24) is 0 Å². The smallest absolute Gasteiger partial charge is 0.165 e. The van der Waals surface area contributed by atoms with Crippen LogP contribution in [0, 0.1) is 5.82 Å². The van der Waals surface area contributed by atoms with Gasteiger partial charge in [0.1, 0.15) is 6.61 Å². The number of hydrogen-bond acceptors (Lipinski definition) is 2. The van der Waals surface area contributed by atoms with Crippen LogP contribution in [0.5, 0.6) is 5.75 Å². The topological polar surface area (TPSA) is 35.2 Å². The zero-order valence-corrected chi connectivity index (χ0v) is 9.22. The molecule has 1 aromatic rings. The average Bonchev–Trinajstić information content (AvgIpc) is 2.26. The first-order valence-electron chi connectivity index (χ1n) is 4.55. The van der Waals surface area contributed by atoms with Crippen LogP contribution in [-0.4, -0.2) is 6.61 Å². The van der Waals surface area contributed by atoms with Crippen LogP contribution in [0.1, 0.15) is 12.5 Å². The minimum Gasteiger partial charge on any atom is -0.486 e. The quantitative estimate of drug-likeness (QED) is 0.862. The van der Waals surface area contributed by atoms with Crippen molar-refractivity contribution in [3.05, 3.63) is 40.7 Å². The van der Waals surface area contributed by atoms with Crippen LogP contribution < -0.4 is 10.5 Å². The van der Waals surface area contributed by atoms with Crippen LogP contribution in [0.3, 0.4) is 0 Å². The maximum absolute atomic E-state index is 13.4. The lowest BCUT2D eigenvalue weighted by molar-refractivity contribution is 0.328. The molecule has 2 N–H and O–H groups in total. The van der Waals surface area contributed by atoms with E-state index in [0.717, 1.165) is 5.57 Å². The summed E-state index contributed by atoms with van der Waals surface area (Å²) in [6, 6.07) is 4.68. The van der Waals surface area contributed by atoms with Crippen LogP contribution in [0.25, 0.3) is 0 Å². The van der Waals surface area contributed by atoms with Gasteiger partial charge in [-0.05, 0) is 18.6 Å². The van der Waals surface area contributed by atoms with E-state index in [2.05, 4.69) is 0 Å². The van der Waals surface area contributed by atoms with Gasteiger partial charge in [-0.15, -0.1) is 0 Å². The van der Waals surface area contributed by atoms with E-state index in [9.17, 15) is 4.39 Å². The summed E-state index contributed by atoms with van der Waals surface area (Å²) in [5.74, 6) is -0.196. The van der Waals surface area contributed by atoms with Crippen LogP contribution in [0.15, 0.2) is 29.3 Å². The van der Waals surface area contributed by atoms with Crippen molar-refractivity contribution in [1.29, 1.82) is 0 Å². The fourth-order valence-electron chi connectivity index (χ4n) is 1.09. The lowest BCUT2D eigenvalue weighted by Crippen LogP contribution is -2.06. The van der Waals surface area contributed by atoms with Gasteiger partial charge in [0.2, 0.25) is 0 Å². The monoisotopic (exact) mass is 229 g/mol. The molecule has 0 spiro atoms. The Morgan fingerprint density at radius 3 is 2.93 bits per heavy atom. The molecule has 4 heteroatoms. The van der Waals surface area contributed by atoms with Gasteiger partial charge >= 0.3 is 0 Å². The van der Waals surface area contributed by atoms with Gasteiger partial charge < -0.3 is 10.5 Å². The molecule has 0 saturated heterocycles. The number of halogens is 2. The third-order valence-corrected chi connectivity index (χ3v) is 2.27. The minimum atomic E-state index is -0.402. The molecule has 0 atom stereocenters. The molecule has 15 heavy (non-hydrogen) atoms. The number of rotatable bonds is 4. The Hall–Kier alpha value is -1.06. The summed E-state index contributed by atoms with van der Waals surface area (Å²) in [6.45, 7) is 2.31. The number of nitrogens with two attached hydrogens (primary N) is 1. The molecule has 1 aromatic carbocycles. The highest BCUT2D eigenvalue weighted by atomic mass is 35.5. The molecule has 82 valence electrons. The second kappa shape index (κ2) is 5.73. The van der Waals surface area contributed by atoms with Crippen molar-refractivity contribution >= 4 is 11.6 Å². The Labute approximate surface area is 93.5 Å². The normalized spacial score (nSPS) is 11.6.